The average molecular weight is 170 g/mol. The van der Waals surface area contributed by atoms with E-state index < -0.39 is 0 Å². The minimum atomic E-state index is -0.118. The lowest BCUT2D eigenvalue weighted by atomic mass is 10.2. The third-order valence-electron chi connectivity index (χ3n) is 1.46. The van der Waals surface area contributed by atoms with Gasteiger partial charge in [0.25, 0.3) is 0 Å². The van der Waals surface area contributed by atoms with Crippen LogP contribution in [0.2, 0.25) is 0 Å². The molecule has 0 heterocycles. The third kappa shape index (κ3) is 1.87. The number of ether oxygens (including phenoxy) is 1. The maximum Gasteiger partial charge on any atom is 0.169 e. The van der Waals surface area contributed by atoms with Crippen LogP contribution in [0.4, 0.5) is 0 Å². The van der Waals surface area contributed by atoms with Crippen molar-refractivity contribution in [2.45, 2.75) is 6.61 Å². The average Bonchev–Trinajstić information content (AvgIpc) is 2.16. The van der Waals surface area contributed by atoms with Crippen LogP contribution in [0, 0.1) is 0 Å². The smallest absolute Gasteiger partial charge is 0.169 e. The first kappa shape index (κ1) is 8.83. The van der Waals surface area contributed by atoms with Crippen LogP contribution >= 0.6 is 0 Å². The molecule has 0 radical (unpaired) electrons. The predicted molar refractivity (Wildman–Crippen MR) is 42.2 cm³/mol. The summed E-state index contributed by atoms with van der Waals surface area (Å²) < 4.78 is 4.90. The maximum atomic E-state index is 8.78. The first-order valence-corrected chi connectivity index (χ1v) is 3.40. The zero-order valence-corrected chi connectivity index (χ0v) is 6.65. The van der Waals surface area contributed by atoms with E-state index in [0.717, 1.165) is 0 Å². The zero-order valence-electron chi connectivity index (χ0n) is 6.65. The summed E-state index contributed by atoms with van der Waals surface area (Å²) in [7, 11) is 1.50. The van der Waals surface area contributed by atoms with E-state index in [-0.39, 0.29) is 12.4 Å². The number of aliphatic hydroxyl groups excluding tert-OH is 1. The molecule has 0 saturated carbocycles. The molecule has 12 heavy (non-hydrogen) atoms. The summed E-state index contributed by atoms with van der Waals surface area (Å²) in [6.07, 6.45) is 0. The molecule has 4 nitrogen and oxygen atoms in total. The summed E-state index contributed by atoms with van der Waals surface area (Å²) in [5.74, 6) is 0.781. The van der Waals surface area contributed by atoms with Gasteiger partial charge in [-0.15, -0.1) is 0 Å². The molecule has 1 rings (SSSR count). The first-order chi connectivity index (χ1) is 5.80. The Morgan fingerprint density at radius 3 is 2.42 bits per heavy atom. The summed E-state index contributed by atoms with van der Waals surface area (Å²) >= 11 is 0. The Kier molecular flexibility index (Phi) is 2.90. The van der Waals surface area contributed by atoms with Gasteiger partial charge in [0.1, 0.15) is 5.75 Å². The molecule has 0 fully saturated rings. The molecule has 4 heteroatoms. The van der Waals surface area contributed by atoms with Crippen molar-refractivity contribution in [1.29, 1.82) is 0 Å². The third-order valence-corrected chi connectivity index (χ3v) is 1.46. The van der Waals surface area contributed by atoms with Crippen LogP contribution in [0.5, 0.6) is 11.5 Å². The highest BCUT2D eigenvalue weighted by Crippen LogP contribution is 2.21. The Morgan fingerprint density at radius 1 is 1.25 bits per heavy atom. The van der Waals surface area contributed by atoms with E-state index >= 15 is 0 Å². The molecule has 1 aromatic carbocycles. The quantitative estimate of drug-likeness (QED) is 0.525. The number of aliphatic hydroxyl groups is 1. The van der Waals surface area contributed by atoms with Crippen LogP contribution in [0.15, 0.2) is 18.2 Å². The van der Waals surface area contributed by atoms with Crippen molar-refractivity contribution in [3.05, 3.63) is 23.8 Å². The fourth-order valence-electron chi connectivity index (χ4n) is 0.893. The van der Waals surface area contributed by atoms with Gasteiger partial charge < -0.3 is 14.7 Å². The normalized spacial score (nSPS) is 9.58. The number of methoxy groups -OCH3 is 1. The first-order valence-electron chi connectivity index (χ1n) is 3.40. The Balaban J connectivity index is 3.01. The second-order valence-electron chi connectivity index (χ2n) is 2.27. The second kappa shape index (κ2) is 3.94. The summed E-state index contributed by atoms with van der Waals surface area (Å²) in [6, 6.07) is 4.68. The van der Waals surface area contributed by atoms with Crippen molar-refractivity contribution in [3.63, 3.8) is 0 Å². The minimum Gasteiger partial charge on any atom is -0.497 e. The molecule has 0 aliphatic carbocycles. The molecule has 2 N–H and O–H groups in total. The molecule has 0 spiro atoms. The van der Waals surface area contributed by atoms with E-state index in [1.807, 2.05) is 0 Å². The molecule has 0 saturated heterocycles. The van der Waals surface area contributed by atoms with E-state index in [1.165, 1.54) is 19.2 Å². The van der Waals surface area contributed by atoms with Gasteiger partial charge in [0.2, 0.25) is 0 Å². The summed E-state index contributed by atoms with van der Waals surface area (Å²) in [6.45, 7) is -0.118. The molecule has 1 aromatic rings. The molecule has 0 amide bonds. The van der Waals surface area contributed by atoms with E-state index in [2.05, 4.69) is 4.89 Å². The molecular weight excluding hydrogens is 160 g/mol. The predicted octanol–water partition coefficient (Wildman–Crippen LogP) is 1.04. The van der Waals surface area contributed by atoms with E-state index in [1.54, 1.807) is 6.07 Å². The van der Waals surface area contributed by atoms with Crippen molar-refractivity contribution >= 4 is 0 Å². The van der Waals surface area contributed by atoms with Gasteiger partial charge >= 0.3 is 0 Å². The lowest BCUT2D eigenvalue weighted by molar-refractivity contribution is -0.137. The Labute approximate surface area is 69.9 Å². The lowest BCUT2D eigenvalue weighted by Crippen LogP contribution is -1.91. The van der Waals surface area contributed by atoms with Gasteiger partial charge in [0, 0.05) is 6.07 Å². The molecule has 0 atom stereocenters. The Hall–Kier alpha value is -1.26. The van der Waals surface area contributed by atoms with Crippen LogP contribution in [-0.2, 0) is 6.61 Å². The van der Waals surface area contributed by atoms with Gasteiger partial charge in [-0.05, 0) is 17.7 Å². The van der Waals surface area contributed by atoms with Crippen molar-refractivity contribution in [2.75, 3.05) is 7.11 Å². The molecule has 66 valence electrons. The molecular formula is C8H10O4. The number of rotatable bonds is 3. The SMILES string of the molecule is COc1cc(CO)cc(OO)c1. The van der Waals surface area contributed by atoms with E-state index in [0.29, 0.717) is 11.3 Å². The molecule has 0 bridgehead atoms. The molecule has 0 aromatic heterocycles. The minimum absolute atomic E-state index is 0.118. The van der Waals surface area contributed by atoms with Crippen LogP contribution in [0.1, 0.15) is 5.56 Å². The number of benzene rings is 1. The van der Waals surface area contributed by atoms with Crippen molar-refractivity contribution in [2.24, 2.45) is 0 Å². The van der Waals surface area contributed by atoms with Crippen molar-refractivity contribution in [1.82, 2.24) is 0 Å². The topological polar surface area (TPSA) is 58.9 Å². The van der Waals surface area contributed by atoms with Crippen LogP contribution in [0.25, 0.3) is 0 Å². The van der Waals surface area contributed by atoms with Crippen molar-refractivity contribution in [3.8, 4) is 11.5 Å². The van der Waals surface area contributed by atoms with Crippen molar-refractivity contribution < 1.29 is 20.0 Å². The van der Waals surface area contributed by atoms with Gasteiger partial charge in [0.15, 0.2) is 5.75 Å². The van der Waals surface area contributed by atoms with E-state index in [4.69, 9.17) is 15.1 Å². The zero-order chi connectivity index (χ0) is 8.97. The van der Waals surface area contributed by atoms with Gasteiger partial charge in [0.05, 0.1) is 13.7 Å². The molecule has 0 aliphatic rings. The largest absolute Gasteiger partial charge is 0.497 e. The van der Waals surface area contributed by atoms with Gasteiger partial charge in [-0.25, -0.2) is 5.26 Å². The maximum absolute atomic E-state index is 8.78. The van der Waals surface area contributed by atoms with E-state index in [9.17, 15) is 0 Å². The van der Waals surface area contributed by atoms with Crippen LogP contribution < -0.4 is 9.62 Å². The molecule has 0 unspecified atom stereocenters. The van der Waals surface area contributed by atoms with Gasteiger partial charge in [-0.2, -0.15) is 0 Å². The fourth-order valence-corrected chi connectivity index (χ4v) is 0.893. The number of hydrogen-bond acceptors (Lipinski definition) is 4. The monoisotopic (exact) mass is 170 g/mol. The second-order valence-corrected chi connectivity index (χ2v) is 2.27. The molecule has 0 aliphatic heterocycles. The standard InChI is InChI=1S/C8H10O4/c1-11-7-2-6(5-9)3-8(4-7)12-10/h2-4,9-10H,5H2,1H3. The Morgan fingerprint density at radius 2 is 1.92 bits per heavy atom. The Bertz CT molecular complexity index is 204. The lowest BCUT2D eigenvalue weighted by Gasteiger charge is -2.04. The number of hydrogen-bond donors (Lipinski definition) is 2. The summed E-state index contributed by atoms with van der Waals surface area (Å²) in [4.78, 5) is 4.01. The van der Waals surface area contributed by atoms with Gasteiger partial charge in [-0.1, -0.05) is 0 Å². The fraction of sp³-hybridized carbons (Fsp3) is 0.250. The van der Waals surface area contributed by atoms with Crippen LogP contribution in [-0.4, -0.2) is 17.5 Å². The highest BCUT2D eigenvalue weighted by atomic mass is 17.1. The van der Waals surface area contributed by atoms with Gasteiger partial charge in [-0.3, -0.25) is 0 Å². The summed E-state index contributed by atoms with van der Waals surface area (Å²) in [5.41, 5.74) is 0.624. The summed E-state index contributed by atoms with van der Waals surface area (Å²) in [5, 5.41) is 17.1. The highest BCUT2D eigenvalue weighted by molar-refractivity contribution is 5.37. The highest BCUT2D eigenvalue weighted by Gasteiger charge is 2.00. The van der Waals surface area contributed by atoms with Crippen LogP contribution in [0.3, 0.4) is 0 Å².